The number of nitrogens with zero attached hydrogens (tertiary/aromatic N) is 1. The Labute approximate surface area is 118 Å². The van der Waals surface area contributed by atoms with E-state index >= 15 is 0 Å². The molecule has 1 heterocycles. The maximum absolute atomic E-state index is 4.56. The Kier molecular flexibility index (Phi) is 2.63. The van der Waals surface area contributed by atoms with Crippen LogP contribution in [0, 0.1) is 0 Å². The van der Waals surface area contributed by atoms with E-state index in [2.05, 4.69) is 59.6 Å². The van der Waals surface area contributed by atoms with Crippen molar-refractivity contribution < 1.29 is 0 Å². The molecule has 1 aliphatic carbocycles. The molecule has 0 saturated heterocycles. The van der Waals surface area contributed by atoms with Gasteiger partial charge in [-0.15, -0.1) is 0 Å². The van der Waals surface area contributed by atoms with Crippen LogP contribution < -0.4 is 0 Å². The van der Waals surface area contributed by atoms with Crippen molar-refractivity contribution in [1.82, 2.24) is 4.98 Å². The summed E-state index contributed by atoms with van der Waals surface area (Å²) < 4.78 is 0. The second-order valence-electron chi connectivity index (χ2n) is 5.25. The van der Waals surface area contributed by atoms with Crippen molar-refractivity contribution in [3.05, 3.63) is 78.0 Å². The molecule has 2 aromatic carbocycles. The molecule has 0 aliphatic heterocycles. The van der Waals surface area contributed by atoms with Crippen LogP contribution in [-0.2, 0) is 12.8 Å². The average Bonchev–Trinajstić information content (AvgIpc) is 2.55. The third-order valence-corrected chi connectivity index (χ3v) is 4.02. The molecule has 96 valence electrons. The molecule has 0 N–H and O–H groups in total. The molecule has 0 unspecified atom stereocenters. The zero-order valence-corrected chi connectivity index (χ0v) is 11.2. The SMILES string of the molecule is c1ccc(-c2ccc3c(c2)CCc2cccnc2-3)cc1. The fourth-order valence-corrected chi connectivity index (χ4v) is 2.99. The van der Waals surface area contributed by atoms with E-state index in [-0.39, 0.29) is 0 Å². The average molecular weight is 257 g/mol. The maximum atomic E-state index is 4.56. The molecule has 0 saturated carbocycles. The van der Waals surface area contributed by atoms with E-state index in [1.807, 2.05) is 12.3 Å². The summed E-state index contributed by atoms with van der Waals surface area (Å²) >= 11 is 0. The Morgan fingerprint density at radius 3 is 2.45 bits per heavy atom. The fourth-order valence-electron chi connectivity index (χ4n) is 2.99. The molecule has 0 atom stereocenters. The van der Waals surface area contributed by atoms with Crippen molar-refractivity contribution in [2.45, 2.75) is 12.8 Å². The van der Waals surface area contributed by atoms with Gasteiger partial charge in [-0.25, -0.2) is 0 Å². The molecule has 20 heavy (non-hydrogen) atoms. The molecule has 1 heteroatoms. The van der Waals surface area contributed by atoms with Gasteiger partial charge in [-0.2, -0.15) is 0 Å². The van der Waals surface area contributed by atoms with Crippen LogP contribution in [0.4, 0.5) is 0 Å². The van der Waals surface area contributed by atoms with Crippen LogP contribution in [0.5, 0.6) is 0 Å². The second kappa shape index (κ2) is 4.61. The predicted molar refractivity (Wildman–Crippen MR) is 82.5 cm³/mol. The molecule has 4 rings (SSSR count). The normalized spacial score (nSPS) is 12.6. The Morgan fingerprint density at radius 1 is 0.700 bits per heavy atom. The first kappa shape index (κ1) is 11.4. The summed E-state index contributed by atoms with van der Waals surface area (Å²) in [6.07, 6.45) is 4.09. The molecule has 0 radical (unpaired) electrons. The van der Waals surface area contributed by atoms with E-state index in [0.29, 0.717) is 0 Å². The highest BCUT2D eigenvalue weighted by molar-refractivity contribution is 5.75. The second-order valence-corrected chi connectivity index (χ2v) is 5.25. The van der Waals surface area contributed by atoms with E-state index in [0.717, 1.165) is 18.5 Å². The van der Waals surface area contributed by atoms with Crippen LogP contribution in [-0.4, -0.2) is 4.98 Å². The van der Waals surface area contributed by atoms with E-state index in [9.17, 15) is 0 Å². The summed E-state index contributed by atoms with van der Waals surface area (Å²) in [5, 5.41) is 0. The molecule has 1 aliphatic rings. The summed E-state index contributed by atoms with van der Waals surface area (Å²) in [7, 11) is 0. The summed E-state index contributed by atoms with van der Waals surface area (Å²) in [4.78, 5) is 4.56. The van der Waals surface area contributed by atoms with E-state index < -0.39 is 0 Å². The minimum absolute atomic E-state index is 1.09. The van der Waals surface area contributed by atoms with Crippen LogP contribution in [0.3, 0.4) is 0 Å². The molecule has 3 aromatic rings. The van der Waals surface area contributed by atoms with Gasteiger partial charge < -0.3 is 0 Å². The minimum atomic E-state index is 1.09. The number of hydrogen-bond donors (Lipinski definition) is 0. The van der Waals surface area contributed by atoms with Gasteiger partial charge in [-0.1, -0.05) is 54.6 Å². The van der Waals surface area contributed by atoms with Crippen molar-refractivity contribution in [1.29, 1.82) is 0 Å². The zero-order chi connectivity index (χ0) is 13.4. The van der Waals surface area contributed by atoms with Crippen LogP contribution in [0.25, 0.3) is 22.4 Å². The van der Waals surface area contributed by atoms with Crippen molar-refractivity contribution in [2.24, 2.45) is 0 Å². The Morgan fingerprint density at radius 2 is 1.55 bits per heavy atom. The third kappa shape index (κ3) is 1.83. The van der Waals surface area contributed by atoms with Crippen LogP contribution in [0.15, 0.2) is 66.9 Å². The number of hydrogen-bond acceptors (Lipinski definition) is 1. The predicted octanol–water partition coefficient (Wildman–Crippen LogP) is 4.51. The smallest absolute Gasteiger partial charge is 0.0736 e. The number of rotatable bonds is 1. The molecular formula is C19H15N. The van der Waals surface area contributed by atoms with E-state index in [1.165, 1.54) is 27.8 Å². The van der Waals surface area contributed by atoms with Gasteiger partial charge in [0.2, 0.25) is 0 Å². The molecule has 1 aromatic heterocycles. The van der Waals surface area contributed by atoms with Crippen LogP contribution in [0.2, 0.25) is 0 Å². The summed E-state index contributed by atoms with van der Waals surface area (Å²) in [6, 6.07) is 21.5. The summed E-state index contributed by atoms with van der Waals surface area (Å²) in [5.41, 5.74) is 7.82. The van der Waals surface area contributed by atoms with Crippen molar-refractivity contribution in [3.8, 4) is 22.4 Å². The van der Waals surface area contributed by atoms with E-state index in [1.54, 1.807) is 0 Å². The molecule has 0 amide bonds. The van der Waals surface area contributed by atoms with Gasteiger partial charge in [-0.05, 0) is 41.2 Å². The van der Waals surface area contributed by atoms with Gasteiger partial charge >= 0.3 is 0 Å². The first-order valence-electron chi connectivity index (χ1n) is 7.04. The van der Waals surface area contributed by atoms with Gasteiger partial charge in [0, 0.05) is 11.8 Å². The molecule has 0 bridgehead atoms. The fraction of sp³-hybridized carbons (Fsp3) is 0.105. The highest BCUT2D eigenvalue weighted by atomic mass is 14.7. The van der Waals surface area contributed by atoms with Gasteiger partial charge in [0.05, 0.1) is 5.69 Å². The number of pyridine rings is 1. The molecule has 0 spiro atoms. The van der Waals surface area contributed by atoms with E-state index in [4.69, 9.17) is 0 Å². The lowest BCUT2D eigenvalue weighted by Gasteiger charge is -2.19. The highest BCUT2D eigenvalue weighted by Gasteiger charge is 2.17. The van der Waals surface area contributed by atoms with Gasteiger partial charge in [0.15, 0.2) is 0 Å². The number of aryl methyl sites for hydroxylation is 2. The lowest BCUT2D eigenvalue weighted by molar-refractivity contribution is 0.928. The van der Waals surface area contributed by atoms with Gasteiger partial charge in [-0.3, -0.25) is 4.98 Å². The number of aromatic nitrogens is 1. The highest BCUT2D eigenvalue weighted by Crippen LogP contribution is 2.34. The van der Waals surface area contributed by atoms with Crippen molar-refractivity contribution in [3.63, 3.8) is 0 Å². The Balaban J connectivity index is 1.85. The largest absolute Gasteiger partial charge is 0.256 e. The van der Waals surface area contributed by atoms with Gasteiger partial charge in [0.25, 0.3) is 0 Å². The topological polar surface area (TPSA) is 12.9 Å². The maximum Gasteiger partial charge on any atom is 0.0736 e. The monoisotopic (exact) mass is 257 g/mol. The third-order valence-electron chi connectivity index (χ3n) is 4.02. The van der Waals surface area contributed by atoms with Crippen LogP contribution in [0.1, 0.15) is 11.1 Å². The van der Waals surface area contributed by atoms with Crippen molar-refractivity contribution >= 4 is 0 Å². The Hall–Kier alpha value is -2.41. The number of benzene rings is 2. The van der Waals surface area contributed by atoms with Crippen LogP contribution >= 0.6 is 0 Å². The standard InChI is InChI=1S/C19H15N/c1-2-5-14(6-3-1)16-10-11-18-17(13-16)9-8-15-7-4-12-20-19(15)18/h1-7,10-13H,8-9H2. The minimum Gasteiger partial charge on any atom is -0.256 e. The number of fused-ring (bicyclic) bond motifs is 3. The molecular weight excluding hydrogens is 242 g/mol. The van der Waals surface area contributed by atoms with Gasteiger partial charge in [0.1, 0.15) is 0 Å². The molecule has 0 fully saturated rings. The lowest BCUT2D eigenvalue weighted by atomic mass is 9.87. The zero-order valence-electron chi connectivity index (χ0n) is 11.2. The van der Waals surface area contributed by atoms with Crippen molar-refractivity contribution in [2.75, 3.05) is 0 Å². The summed E-state index contributed by atoms with van der Waals surface area (Å²) in [6.45, 7) is 0. The first-order chi connectivity index (χ1) is 9.92. The quantitative estimate of drug-likeness (QED) is 0.625. The lowest BCUT2D eigenvalue weighted by Crippen LogP contribution is -2.05. The Bertz CT molecular complexity index is 760. The summed E-state index contributed by atoms with van der Waals surface area (Å²) in [5.74, 6) is 0. The first-order valence-corrected chi connectivity index (χ1v) is 7.04. The molecule has 1 nitrogen and oxygen atoms in total.